The quantitative estimate of drug-likeness (QED) is 0.642. The molecule has 0 aliphatic carbocycles. The highest BCUT2D eigenvalue weighted by Gasteiger charge is 2.20. The van der Waals surface area contributed by atoms with Gasteiger partial charge in [-0.15, -0.1) is 0 Å². The van der Waals surface area contributed by atoms with Gasteiger partial charge >= 0.3 is 0 Å². The van der Waals surface area contributed by atoms with Crippen molar-refractivity contribution in [2.24, 2.45) is 0 Å². The van der Waals surface area contributed by atoms with Gasteiger partial charge in [-0.2, -0.15) is 0 Å². The molecule has 156 valence electrons. The van der Waals surface area contributed by atoms with E-state index in [1.54, 1.807) is 0 Å². The Labute approximate surface area is 172 Å². The molecule has 0 atom stereocenters. The number of hydrogen-bond acceptors (Lipinski definition) is 7. The average Bonchev–Trinajstić information content (AvgIpc) is 3.21. The van der Waals surface area contributed by atoms with Crippen LogP contribution < -0.4 is 14.2 Å². The van der Waals surface area contributed by atoms with Crippen LogP contribution in [0.2, 0.25) is 0 Å². The smallest absolute Gasteiger partial charge is 0.231 e. The Kier molecular flexibility index (Phi) is 6.82. The minimum absolute atomic E-state index is 0.265. The van der Waals surface area contributed by atoms with E-state index in [4.69, 9.17) is 18.9 Å². The summed E-state index contributed by atoms with van der Waals surface area (Å²) in [6.07, 6.45) is 3.75. The van der Waals surface area contributed by atoms with Crippen molar-refractivity contribution in [3.63, 3.8) is 0 Å². The normalized spacial score (nSPS) is 16.3. The molecule has 2 aliphatic heterocycles. The number of rotatable bonds is 9. The van der Waals surface area contributed by atoms with Crippen LogP contribution in [0.25, 0.3) is 0 Å². The van der Waals surface area contributed by atoms with E-state index < -0.39 is 0 Å². The van der Waals surface area contributed by atoms with Crippen LogP contribution in [-0.2, 0) is 17.8 Å². The fourth-order valence-electron chi connectivity index (χ4n) is 3.69. The van der Waals surface area contributed by atoms with Crippen molar-refractivity contribution in [2.45, 2.75) is 20.0 Å². The lowest BCUT2D eigenvalue weighted by Gasteiger charge is -2.30. The van der Waals surface area contributed by atoms with Crippen molar-refractivity contribution in [3.05, 3.63) is 47.8 Å². The van der Waals surface area contributed by atoms with E-state index in [0.29, 0.717) is 6.61 Å². The van der Waals surface area contributed by atoms with Gasteiger partial charge in [-0.05, 0) is 24.6 Å². The zero-order valence-electron chi connectivity index (χ0n) is 17.0. The van der Waals surface area contributed by atoms with Gasteiger partial charge in [0, 0.05) is 63.3 Å². The van der Waals surface area contributed by atoms with Gasteiger partial charge in [0.1, 0.15) is 5.75 Å². The van der Waals surface area contributed by atoms with Crippen molar-refractivity contribution in [3.8, 4) is 17.2 Å². The number of pyridine rings is 1. The van der Waals surface area contributed by atoms with Gasteiger partial charge < -0.3 is 18.9 Å². The van der Waals surface area contributed by atoms with Gasteiger partial charge in [0.05, 0.1) is 19.8 Å². The molecule has 29 heavy (non-hydrogen) atoms. The van der Waals surface area contributed by atoms with Crippen LogP contribution in [-0.4, -0.2) is 67.6 Å². The lowest BCUT2D eigenvalue weighted by atomic mass is 10.1. The first-order valence-corrected chi connectivity index (χ1v) is 10.3. The van der Waals surface area contributed by atoms with Crippen LogP contribution in [0.3, 0.4) is 0 Å². The van der Waals surface area contributed by atoms with Crippen molar-refractivity contribution in [2.75, 3.05) is 52.8 Å². The van der Waals surface area contributed by atoms with Crippen LogP contribution in [0.1, 0.15) is 18.1 Å². The fourth-order valence-corrected chi connectivity index (χ4v) is 3.69. The van der Waals surface area contributed by atoms with Gasteiger partial charge in [0.15, 0.2) is 11.5 Å². The first kappa shape index (κ1) is 19.9. The summed E-state index contributed by atoms with van der Waals surface area (Å²) in [5, 5.41) is 0. The Morgan fingerprint density at radius 2 is 1.97 bits per heavy atom. The molecular weight excluding hydrogens is 370 g/mol. The summed E-state index contributed by atoms with van der Waals surface area (Å²) >= 11 is 0. The minimum atomic E-state index is 0.265. The molecule has 0 bridgehead atoms. The van der Waals surface area contributed by atoms with Crippen LogP contribution in [0.4, 0.5) is 0 Å². The summed E-state index contributed by atoms with van der Waals surface area (Å²) in [6.45, 7) is 10.1. The van der Waals surface area contributed by atoms with E-state index in [-0.39, 0.29) is 6.79 Å². The molecule has 1 aromatic heterocycles. The minimum Gasteiger partial charge on any atom is -0.493 e. The molecule has 0 unspecified atom stereocenters. The predicted octanol–water partition coefficient (Wildman–Crippen LogP) is 2.54. The first-order chi connectivity index (χ1) is 14.3. The molecule has 0 radical (unpaired) electrons. The van der Waals surface area contributed by atoms with Gasteiger partial charge in [0.25, 0.3) is 0 Å². The van der Waals surface area contributed by atoms with E-state index in [1.807, 2.05) is 31.5 Å². The maximum Gasteiger partial charge on any atom is 0.231 e. The van der Waals surface area contributed by atoms with Crippen LogP contribution in [0, 0.1) is 0 Å². The molecule has 0 spiro atoms. The first-order valence-electron chi connectivity index (χ1n) is 10.3. The number of aromatic nitrogens is 1. The van der Waals surface area contributed by atoms with Gasteiger partial charge in [-0.25, -0.2) is 0 Å². The third kappa shape index (κ3) is 5.38. The molecule has 2 aliphatic rings. The van der Waals surface area contributed by atoms with Crippen LogP contribution in [0.5, 0.6) is 17.2 Å². The Morgan fingerprint density at radius 1 is 1.14 bits per heavy atom. The number of fused-ring (bicyclic) bond motifs is 1. The van der Waals surface area contributed by atoms with Crippen molar-refractivity contribution in [1.29, 1.82) is 0 Å². The Morgan fingerprint density at radius 3 is 2.72 bits per heavy atom. The van der Waals surface area contributed by atoms with Crippen LogP contribution >= 0.6 is 0 Å². The zero-order valence-corrected chi connectivity index (χ0v) is 17.0. The second kappa shape index (κ2) is 9.91. The third-order valence-electron chi connectivity index (χ3n) is 5.21. The van der Waals surface area contributed by atoms with E-state index in [0.717, 1.165) is 75.3 Å². The van der Waals surface area contributed by atoms with E-state index in [2.05, 4.69) is 26.9 Å². The molecule has 3 heterocycles. The molecule has 0 saturated carbocycles. The molecule has 0 amide bonds. The largest absolute Gasteiger partial charge is 0.493 e. The second-order valence-electron chi connectivity index (χ2n) is 7.27. The number of morpholine rings is 1. The molecule has 1 aromatic carbocycles. The molecule has 7 nitrogen and oxygen atoms in total. The fraction of sp³-hybridized carbons (Fsp3) is 0.500. The van der Waals surface area contributed by atoms with Gasteiger partial charge in [-0.3, -0.25) is 14.8 Å². The van der Waals surface area contributed by atoms with E-state index >= 15 is 0 Å². The topological polar surface area (TPSA) is 56.3 Å². The monoisotopic (exact) mass is 399 g/mol. The highest BCUT2D eigenvalue weighted by Crippen LogP contribution is 2.38. The number of hydrogen-bond donors (Lipinski definition) is 0. The SMILES string of the molecule is CCOc1cc2c(cc1CN(CCN1CCOCC1)Cc1cccnc1)OCO2. The standard InChI is InChI=1S/C22H29N3O4/c1-2-27-20-13-22-21(28-17-29-22)12-19(20)16-25(15-18-4-3-5-23-14-18)7-6-24-8-10-26-11-9-24/h3-5,12-14H,2,6-11,15-17H2,1H3. The third-order valence-corrected chi connectivity index (χ3v) is 5.21. The van der Waals surface area contributed by atoms with E-state index in [9.17, 15) is 0 Å². The molecule has 4 rings (SSSR count). The summed E-state index contributed by atoms with van der Waals surface area (Å²) < 4.78 is 22.5. The van der Waals surface area contributed by atoms with Crippen molar-refractivity contribution in [1.82, 2.24) is 14.8 Å². The maximum atomic E-state index is 5.91. The van der Waals surface area contributed by atoms with Gasteiger partial charge in [0.2, 0.25) is 6.79 Å². The molecular formula is C22H29N3O4. The number of ether oxygens (including phenoxy) is 4. The maximum absolute atomic E-state index is 5.91. The molecule has 7 heteroatoms. The number of nitrogens with zero attached hydrogens (tertiary/aromatic N) is 3. The number of benzene rings is 1. The van der Waals surface area contributed by atoms with Crippen LogP contribution in [0.15, 0.2) is 36.7 Å². The molecule has 1 saturated heterocycles. The average molecular weight is 399 g/mol. The summed E-state index contributed by atoms with van der Waals surface area (Å²) in [5.74, 6) is 2.40. The predicted molar refractivity (Wildman–Crippen MR) is 109 cm³/mol. The summed E-state index contributed by atoms with van der Waals surface area (Å²) in [4.78, 5) is 9.17. The molecule has 0 N–H and O–H groups in total. The molecule has 2 aromatic rings. The lowest BCUT2D eigenvalue weighted by Crippen LogP contribution is -2.41. The highest BCUT2D eigenvalue weighted by molar-refractivity contribution is 5.51. The zero-order chi connectivity index (χ0) is 19.9. The Bertz CT molecular complexity index is 781. The van der Waals surface area contributed by atoms with Crippen molar-refractivity contribution >= 4 is 0 Å². The second-order valence-corrected chi connectivity index (χ2v) is 7.27. The van der Waals surface area contributed by atoms with E-state index in [1.165, 1.54) is 5.56 Å². The highest BCUT2D eigenvalue weighted by atomic mass is 16.7. The van der Waals surface area contributed by atoms with Crippen molar-refractivity contribution < 1.29 is 18.9 Å². The lowest BCUT2D eigenvalue weighted by molar-refractivity contribution is 0.0324. The molecule has 1 fully saturated rings. The summed E-state index contributed by atoms with van der Waals surface area (Å²) in [5.41, 5.74) is 2.31. The summed E-state index contributed by atoms with van der Waals surface area (Å²) in [7, 11) is 0. The van der Waals surface area contributed by atoms with Gasteiger partial charge in [-0.1, -0.05) is 6.07 Å². The Hall–Kier alpha value is -2.35. The Balaban J connectivity index is 1.50. The summed E-state index contributed by atoms with van der Waals surface area (Å²) in [6, 6.07) is 8.11.